The second kappa shape index (κ2) is 13.4. The number of piperidine rings is 1. The number of nitrogens with one attached hydrogen (secondary N) is 2. The summed E-state index contributed by atoms with van der Waals surface area (Å²) in [6.45, 7) is 9.01. The second-order valence-electron chi connectivity index (χ2n) is 8.37. The molecule has 0 saturated carbocycles. The van der Waals surface area contributed by atoms with Gasteiger partial charge in [-0.1, -0.05) is 0 Å². The number of hydrogen-bond acceptors (Lipinski definition) is 9. The number of hydrogen-bond donors (Lipinski definition) is 2. The van der Waals surface area contributed by atoms with Gasteiger partial charge in [0.2, 0.25) is 11.8 Å². The SMILES string of the molecule is CCOC(=O)c1c(NC(=O)CN2CCC(C(=O)NC(C)C)CC2)sc(C(=O)OCCOC)c1C. The summed E-state index contributed by atoms with van der Waals surface area (Å²) in [4.78, 5) is 52.2. The van der Waals surface area contributed by atoms with Gasteiger partial charge in [0.15, 0.2) is 0 Å². The molecule has 34 heavy (non-hydrogen) atoms. The molecule has 0 bridgehead atoms. The largest absolute Gasteiger partial charge is 0.462 e. The fourth-order valence-corrected chi connectivity index (χ4v) is 4.76. The number of anilines is 1. The van der Waals surface area contributed by atoms with Crippen molar-refractivity contribution in [2.24, 2.45) is 5.92 Å². The third kappa shape index (κ3) is 7.78. The third-order valence-corrected chi connectivity index (χ3v) is 6.53. The van der Waals surface area contributed by atoms with Gasteiger partial charge in [-0.2, -0.15) is 0 Å². The van der Waals surface area contributed by atoms with Gasteiger partial charge in [-0.05, 0) is 59.2 Å². The topological polar surface area (TPSA) is 123 Å². The fraction of sp³-hybridized carbons (Fsp3) is 0.652. The summed E-state index contributed by atoms with van der Waals surface area (Å²) in [6, 6.07) is 0.0984. The minimum absolute atomic E-state index is 0.0521. The van der Waals surface area contributed by atoms with Crippen LogP contribution in [0.5, 0.6) is 0 Å². The van der Waals surface area contributed by atoms with Crippen molar-refractivity contribution in [1.29, 1.82) is 0 Å². The Balaban J connectivity index is 2.04. The molecule has 1 saturated heterocycles. The summed E-state index contributed by atoms with van der Waals surface area (Å²) in [5.74, 6) is -1.51. The van der Waals surface area contributed by atoms with Gasteiger partial charge < -0.3 is 24.8 Å². The van der Waals surface area contributed by atoms with Crippen molar-refractivity contribution in [3.63, 3.8) is 0 Å². The van der Waals surface area contributed by atoms with Crippen LogP contribution in [0.3, 0.4) is 0 Å². The average molecular weight is 498 g/mol. The van der Waals surface area contributed by atoms with E-state index in [1.54, 1.807) is 13.8 Å². The van der Waals surface area contributed by atoms with E-state index < -0.39 is 11.9 Å². The van der Waals surface area contributed by atoms with Crippen LogP contribution in [0.2, 0.25) is 0 Å². The number of nitrogens with zero attached hydrogens (tertiary/aromatic N) is 1. The Morgan fingerprint density at radius 1 is 1.09 bits per heavy atom. The number of esters is 2. The number of amides is 2. The molecule has 2 N–H and O–H groups in total. The molecule has 1 aliphatic heterocycles. The van der Waals surface area contributed by atoms with Gasteiger partial charge >= 0.3 is 11.9 Å². The lowest BCUT2D eigenvalue weighted by Crippen LogP contribution is -2.44. The normalized spacial score (nSPS) is 14.6. The van der Waals surface area contributed by atoms with Crippen LogP contribution in [0.1, 0.15) is 59.2 Å². The molecule has 0 atom stereocenters. The van der Waals surface area contributed by atoms with Gasteiger partial charge in [0.1, 0.15) is 16.5 Å². The van der Waals surface area contributed by atoms with Crippen molar-refractivity contribution in [1.82, 2.24) is 10.2 Å². The van der Waals surface area contributed by atoms with Crippen molar-refractivity contribution in [3.05, 3.63) is 16.0 Å². The first-order chi connectivity index (χ1) is 16.2. The number of likely N-dealkylation sites (tertiary alicyclic amines) is 1. The molecule has 1 fully saturated rings. The maximum Gasteiger partial charge on any atom is 0.348 e. The molecule has 190 valence electrons. The predicted molar refractivity (Wildman–Crippen MR) is 128 cm³/mol. The smallest absolute Gasteiger partial charge is 0.348 e. The van der Waals surface area contributed by atoms with Crippen LogP contribution in [0.25, 0.3) is 0 Å². The van der Waals surface area contributed by atoms with Crippen LogP contribution in [0.4, 0.5) is 5.00 Å². The molecule has 0 radical (unpaired) electrons. The number of methoxy groups -OCH3 is 1. The van der Waals surface area contributed by atoms with Gasteiger partial charge in [0.25, 0.3) is 0 Å². The van der Waals surface area contributed by atoms with E-state index in [0.29, 0.717) is 31.5 Å². The van der Waals surface area contributed by atoms with Crippen LogP contribution >= 0.6 is 11.3 Å². The summed E-state index contributed by atoms with van der Waals surface area (Å²) in [5, 5.41) is 5.96. The molecule has 10 nitrogen and oxygen atoms in total. The summed E-state index contributed by atoms with van der Waals surface area (Å²) < 4.78 is 15.2. The Labute approximate surface area is 204 Å². The van der Waals surface area contributed by atoms with Gasteiger partial charge in [-0.3, -0.25) is 14.5 Å². The molecule has 0 aliphatic carbocycles. The van der Waals surface area contributed by atoms with Gasteiger partial charge in [-0.25, -0.2) is 9.59 Å². The minimum Gasteiger partial charge on any atom is -0.462 e. The lowest BCUT2D eigenvalue weighted by Gasteiger charge is -2.31. The van der Waals surface area contributed by atoms with Crippen molar-refractivity contribution >= 4 is 40.1 Å². The molecule has 2 amide bonds. The van der Waals surface area contributed by atoms with Crippen LogP contribution in [0, 0.1) is 12.8 Å². The molecular weight excluding hydrogens is 462 g/mol. The van der Waals surface area contributed by atoms with Crippen molar-refractivity contribution in [2.45, 2.75) is 46.6 Å². The van der Waals surface area contributed by atoms with Crippen LogP contribution in [-0.2, 0) is 23.8 Å². The highest BCUT2D eigenvalue weighted by Crippen LogP contribution is 2.34. The standard InChI is InChI=1S/C23H35N3O7S/c1-6-32-22(29)18-15(4)19(23(30)33-12-11-31-5)34-21(18)25-17(27)13-26-9-7-16(8-10-26)20(28)24-14(2)3/h14,16H,6-13H2,1-5H3,(H,24,28)(H,25,27). The lowest BCUT2D eigenvalue weighted by molar-refractivity contribution is -0.127. The van der Waals surface area contributed by atoms with E-state index >= 15 is 0 Å². The number of ether oxygens (including phenoxy) is 3. The van der Waals surface area contributed by atoms with E-state index in [-0.39, 0.29) is 65.6 Å². The maximum atomic E-state index is 12.8. The van der Waals surface area contributed by atoms with E-state index in [9.17, 15) is 19.2 Å². The number of carbonyl (C=O) groups excluding carboxylic acids is 4. The highest BCUT2D eigenvalue weighted by Gasteiger charge is 2.29. The van der Waals surface area contributed by atoms with E-state index in [0.717, 1.165) is 11.3 Å². The Kier molecular flexibility index (Phi) is 10.9. The van der Waals surface area contributed by atoms with Crippen LogP contribution < -0.4 is 10.6 Å². The van der Waals surface area contributed by atoms with E-state index in [2.05, 4.69) is 10.6 Å². The molecule has 1 aromatic heterocycles. The Morgan fingerprint density at radius 2 is 1.76 bits per heavy atom. The van der Waals surface area contributed by atoms with E-state index in [1.165, 1.54) is 7.11 Å². The van der Waals surface area contributed by atoms with Gasteiger partial charge in [-0.15, -0.1) is 11.3 Å². The predicted octanol–water partition coefficient (Wildman–Crippen LogP) is 2.21. The van der Waals surface area contributed by atoms with E-state index in [4.69, 9.17) is 14.2 Å². The minimum atomic E-state index is -0.612. The maximum absolute atomic E-state index is 12.8. The zero-order chi connectivity index (χ0) is 25.3. The second-order valence-corrected chi connectivity index (χ2v) is 9.39. The molecule has 2 rings (SSSR count). The molecular formula is C23H35N3O7S. The summed E-state index contributed by atoms with van der Waals surface area (Å²) in [6.07, 6.45) is 1.35. The van der Waals surface area contributed by atoms with Crippen LogP contribution in [0.15, 0.2) is 0 Å². The summed E-state index contributed by atoms with van der Waals surface area (Å²) in [5.41, 5.74) is 0.557. The Hall–Kier alpha value is -2.50. The van der Waals surface area contributed by atoms with Crippen molar-refractivity contribution < 1.29 is 33.4 Å². The average Bonchev–Trinajstić information content (AvgIpc) is 3.09. The number of thiophene rings is 1. The highest BCUT2D eigenvalue weighted by atomic mass is 32.1. The quantitative estimate of drug-likeness (QED) is 0.352. The highest BCUT2D eigenvalue weighted by molar-refractivity contribution is 7.18. The molecule has 0 aromatic carbocycles. The summed E-state index contributed by atoms with van der Waals surface area (Å²) >= 11 is 0.987. The molecule has 1 aromatic rings. The first-order valence-electron chi connectivity index (χ1n) is 11.5. The summed E-state index contributed by atoms with van der Waals surface area (Å²) in [7, 11) is 1.50. The third-order valence-electron chi connectivity index (χ3n) is 5.34. The lowest BCUT2D eigenvalue weighted by atomic mass is 9.95. The number of carbonyl (C=O) groups is 4. The number of rotatable bonds is 11. The first-order valence-corrected chi connectivity index (χ1v) is 12.3. The molecule has 0 spiro atoms. The first kappa shape index (κ1) is 27.7. The monoisotopic (exact) mass is 497 g/mol. The van der Waals surface area contributed by atoms with Gasteiger partial charge in [0.05, 0.1) is 25.3 Å². The zero-order valence-electron chi connectivity index (χ0n) is 20.5. The molecule has 11 heteroatoms. The van der Waals surface area contributed by atoms with Crippen LogP contribution in [-0.4, -0.2) is 81.3 Å². The Morgan fingerprint density at radius 3 is 2.35 bits per heavy atom. The van der Waals surface area contributed by atoms with E-state index in [1.807, 2.05) is 18.7 Å². The van der Waals surface area contributed by atoms with Crippen molar-refractivity contribution in [3.8, 4) is 0 Å². The molecule has 0 unspecified atom stereocenters. The zero-order valence-corrected chi connectivity index (χ0v) is 21.3. The Bertz CT molecular complexity index is 876. The van der Waals surface area contributed by atoms with Gasteiger partial charge in [0, 0.05) is 19.1 Å². The fourth-order valence-electron chi connectivity index (χ4n) is 3.65. The van der Waals surface area contributed by atoms with Crippen molar-refractivity contribution in [2.75, 3.05) is 51.9 Å². The molecule has 2 heterocycles. The molecule has 1 aliphatic rings.